The Hall–Kier alpha value is -2.76. The van der Waals surface area contributed by atoms with Gasteiger partial charge in [0, 0.05) is 45.6 Å². The van der Waals surface area contributed by atoms with Crippen molar-refractivity contribution in [3.63, 3.8) is 0 Å². The Morgan fingerprint density at radius 2 is 1.38 bits per heavy atom. The van der Waals surface area contributed by atoms with Crippen LogP contribution in [0.2, 0.25) is 0 Å². The van der Waals surface area contributed by atoms with Crippen LogP contribution in [-0.2, 0) is 0 Å². The van der Waals surface area contributed by atoms with Gasteiger partial charge in [-0.05, 0) is 119 Å². The first-order valence-corrected chi connectivity index (χ1v) is 13.1. The van der Waals surface area contributed by atoms with Crippen LogP contribution in [0.25, 0.3) is 21.8 Å². The number of nitrogens with one attached hydrogen (secondary N) is 3. The maximum absolute atomic E-state index is 3.67. The van der Waals surface area contributed by atoms with E-state index in [1.54, 1.807) is 0 Å². The third kappa shape index (κ3) is 4.12. The number of benzene rings is 2. The molecule has 0 amide bonds. The molecule has 2 aliphatic rings. The Balaban J connectivity index is 1.22. The molecule has 2 saturated heterocycles. The zero-order valence-electron chi connectivity index (χ0n) is 20.5. The van der Waals surface area contributed by atoms with E-state index < -0.39 is 0 Å². The minimum Gasteiger partial charge on any atom is -0.361 e. The molecule has 0 saturated carbocycles. The molecule has 0 radical (unpaired) electrons. The summed E-state index contributed by atoms with van der Waals surface area (Å²) in [7, 11) is 2.23. The summed E-state index contributed by atoms with van der Waals surface area (Å²) in [6.45, 7) is 8.24. The molecular weight excluding hydrogens is 418 g/mol. The summed E-state index contributed by atoms with van der Waals surface area (Å²) in [6.07, 6.45) is 9.49. The van der Waals surface area contributed by atoms with Gasteiger partial charge in [-0.1, -0.05) is 13.0 Å². The van der Waals surface area contributed by atoms with Crippen LogP contribution in [0.1, 0.15) is 55.6 Å². The van der Waals surface area contributed by atoms with E-state index >= 15 is 0 Å². The van der Waals surface area contributed by atoms with Crippen molar-refractivity contribution in [3.05, 3.63) is 59.9 Å². The van der Waals surface area contributed by atoms with E-state index in [2.05, 4.69) is 87.8 Å². The number of nitrogens with zero attached hydrogens (tertiary/aromatic N) is 2. The number of H-pyrrole nitrogens is 2. The van der Waals surface area contributed by atoms with E-state index in [0.29, 0.717) is 11.8 Å². The third-order valence-corrected chi connectivity index (χ3v) is 8.35. The summed E-state index contributed by atoms with van der Waals surface area (Å²) in [5.74, 6) is 1.32. The molecule has 2 aromatic heterocycles. The number of rotatable bonds is 5. The van der Waals surface area contributed by atoms with E-state index in [1.807, 2.05) is 0 Å². The summed E-state index contributed by atoms with van der Waals surface area (Å²) < 4.78 is 0. The maximum atomic E-state index is 3.67. The number of piperidine rings is 2. The van der Waals surface area contributed by atoms with Crippen LogP contribution < -0.4 is 5.32 Å². The van der Waals surface area contributed by atoms with Crippen LogP contribution in [0.3, 0.4) is 0 Å². The van der Waals surface area contributed by atoms with Gasteiger partial charge in [-0.25, -0.2) is 0 Å². The average molecular weight is 456 g/mol. The topological polar surface area (TPSA) is 50.1 Å². The molecule has 0 bridgehead atoms. The lowest BCUT2D eigenvalue weighted by molar-refractivity contribution is 0.223. The molecular formula is C29H37N5. The molecule has 5 nitrogen and oxygen atoms in total. The first-order valence-electron chi connectivity index (χ1n) is 13.1. The molecule has 2 fully saturated rings. The van der Waals surface area contributed by atoms with Gasteiger partial charge in [-0.2, -0.15) is 0 Å². The first-order chi connectivity index (χ1) is 16.7. The molecule has 0 atom stereocenters. The van der Waals surface area contributed by atoms with Crippen molar-refractivity contribution in [2.45, 2.75) is 44.4 Å². The summed E-state index contributed by atoms with van der Waals surface area (Å²) in [5.41, 5.74) is 7.72. The van der Waals surface area contributed by atoms with E-state index in [4.69, 9.17) is 0 Å². The van der Waals surface area contributed by atoms with E-state index in [9.17, 15) is 0 Å². The number of anilines is 2. The van der Waals surface area contributed by atoms with E-state index in [1.165, 1.54) is 91.3 Å². The second-order valence-corrected chi connectivity index (χ2v) is 10.4. The normalized spacial score (nSPS) is 19.4. The molecule has 5 heteroatoms. The molecule has 34 heavy (non-hydrogen) atoms. The molecule has 0 spiro atoms. The van der Waals surface area contributed by atoms with Crippen LogP contribution in [-0.4, -0.2) is 59.5 Å². The predicted octanol–water partition coefficient (Wildman–Crippen LogP) is 6.40. The monoisotopic (exact) mass is 455 g/mol. The van der Waals surface area contributed by atoms with Crippen LogP contribution in [0, 0.1) is 0 Å². The number of hydrogen-bond donors (Lipinski definition) is 3. The SMILES string of the molecule is CCN1CCC(c2c[nH]c3ccc(Nc4ccc5c(C6CCN(C)CC6)c[nH]c5c4)cc23)CC1. The van der Waals surface area contributed by atoms with Gasteiger partial charge in [0.1, 0.15) is 0 Å². The summed E-state index contributed by atoms with van der Waals surface area (Å²) in [4.78, 5) is 12.1. The highest BCUT2D eigenvalue weighted by atomic mass is 15.1. The van der Waals surface area contributed by atoms with E-state index in [0.717, 1.165) is 11.4 Å². The second kappa shape index (κ2) is 9.12. The largest absolute Gasteiger partial charge is 0.361 e. The van der Waals surface area contributed by atoms with Crippen molar-refractivity contribution >= 4 is 33.2 Å². The standard InChI is InChI=1S/C29H37N5/c1-3-34-14-10-21(11-15-34)27-19-30-28-7-5-22(16-25(27)28)32-23-4-6-24-26(18-31-29(24)17-23)20-8-12-33(2)13-9-20/h4-7,16-21,30-32H,3,8-15H2,1-2H3. The van der Waals surface area contributed by atoms with Crippen LogP contribution >= 0.6 is 0 Å². The van der Waals surface area contributed by atoms with Gasteiger partial charge < -0.3 is 25.1 Å². The summed E-state index contributed by atoms with van der Waals surface area (Å²) in [5, 5.41) is 6.41. The highest BCUT2D eigenvalue weighted by Crippen LogP contribution is 2.36. The van der Waals surface area contributed by atoms with E-state index in [-0.39, 0.29) is 0 Å². The predicted molar refractivity (Wildman–Crippen MR) is 143 cm³/mol. The highest BCUT2D eigenvalue weighted by Gasteiger charge is 2.23. The van der Waals surface area contributed by atoms with Crippen molar-refractivity contribution in [2.24, 2.45) is 0 Å². The van der Waals surface area contributed by atoms with Gasteiger partial charge in [-0.15, -0.1) is 0 Å². The van der Waals surface area contributed by atoms with Gasteiger partial charge in [0.25, 0.3) is 0 Å². The lowest BCUT2D eigenvalue weighted by Crippen LogP contribution is -2.32. The zero-order chi connectivity index (χ0) is 23.1. The molecule has 0 unspecified atom stereocenters. The lowest BCUT2D eigenvalue weighted by atomic mass is 9.89. The Kier molecular flexibility index (Phi) is 5.84. The Morgan fingerprint density at radius 3 is 2.12 bits per heavy atom. The Labute approximate surface area is 202 Å². The molecule has 3 N–H and O–H groups in total. The second-order valence-electron chi connectivity index (χ2n) is 10.4. The fourth-order valence-corrected chi connectivity index (χ4v) is 6.17. The van der Waals surface area contributed by atoms with Gasteiger partial charge in [0.15, 0.2) is 0 Å². The molecule has 6 rings (SSSR count). The third-order valence-electron chi connectivity index (χ3n) is 8.35. The van der Waals surface area contributed by atoms with Crippen molar-refractivity contribution in [3.8, 4) is 0 Å². The summed E-state index contributed by atoms with van der Waals surface area (Å²) in [6, 6.07) is 13.5. The van der Waals surface area contributed by atoms with Gasteiger partial charge in [-0.3, -0.25) is 0 Å². The minimum absolute atomic E-state index is 0.653. The average Bonchev–Trinajstić information content (AvgIpc) is 3.48. The van der Waals surface area contributed by atoms with Crippen molar-refractivity contribution in [2.75, 3.05) is 45.1 Å². The Bertz CT molecular complexity index is 1270. The first kappa shape index (κ1) is 21.8. The van der Waals surface area contributed by atoms with Crippen LogP contribution in [0.4, 0.5) is 11.4 Å². The fraction of sp³-hybridized carbons (Fsp3) is 0.448. The number of fused-ring (bicyclic) bond motifs is 2. The smallest absolute Gasteiger partial charge is 0.0477 e. The summed E-state index contributed by atoms with van der Waals surface area (Å²) >= 11 is 0. The molecule has 2 aromatic carbocycles. The molecule has 2 aliphatic heterocycles. The van der Waals surface area contributed by atoms with Crippen LogP contribution in [0.5, 0.6) is 0 Å². The van der Waals surface area contributed by atoms with Crippen molar-refractivity contribution < 1.29 is 0 Å². The molecule has 0 aliphatic carbocycles. The quantitative estimate of drug-likeness (QED) is 0.326. The molecule has 178 valence electrons. The van der Waals surface area contributed by atoms with Gasteiger partial charge >= 0.3 is 0 Å². The number of likely N-dealkylation sites (tertiary alicyclic amines) is 2. The zero-order valence-corrected chi connectivity index (χ0v) is 20.5. The highest BCUT2D eigenvalue weighted by molar-refractivity contribution is 5.90. The van der Waals surface area contributed by atoms with Crippen LogP contribution in [0.15, 0.2) is 48.8 Å². The number of aromatic amines is 2. The van der Waals surface area contributed by atoms with Crippen molar-refractivity contribution in [1.82, 2.24) is 19.8 Å². The van der Waals surface area contributed by atoms with Gasteiger partial charge in [0.2, 0.25) is 0 Å². The maximum Gasteiger partial charge on any atom is 0.0477 e. The van der Waals surface area contributed by atoms with Gasteiger partial charge in [0.05, 0.1) is 0 Å². The lowest BCUT2D eigenvalue weighted by Gasteiger charge is -2.31. The molecule has 4 heterocycles. The van der Waals surface area contributed by atoms with Crippen molar-refractivity contribution in [1.29, 1.82) is 0 Å². The minimum atomic E-state index is 0.653. The fourth-order valence-electron chi connectivity index (χ4n) is 6.17. The molecule has 4 aromatic rings. The Morgan fingerprint density at radius 1 is 0.765 bits per heavy atom. The number of hydrogen-bond acceptors (Lipinski definition) is 3. The number of aromatic nitrogens is 2.